The van der Waals surface area contributed by atoms with Crippen molar-refractivity contribution in [1.29, 1.82) is 0 Å². The van der Waals surface area contributed by atoms with Crippen molar-refractivity contribution >= 4 is 27.7 Å². The van der Waals surface area contributed by atoms with Crippen LogP contribution < -0.4 is 0 Å². The van der Waals surface area contributed by atoms with E-state index in [0.717, 1.165) is 22.2 Å². The molecule has 0 fully saturated rings. The van der Waals surface area contributed by atoms with Gasteiger partial charge in [0.05, 0.1) is 6.10 Å². The highest BCUT2D eigenvalue weighted by atomic mass is 79.9. The molecule has 1 N–H and O–H groups in total. The quantitative estimate of drug-likeness (QED) is 0.626. The van der Waals surface area contributed by atoms with Crippen LogP contribution in [0.5, 0.6) is 0 Å². The molecule has 1 atom stereocenters. The Kier molecular flexibility index (Phi) is 6.17. The molecule has 1 aromatic rings. The van der Waals surface area contributed by atoms with Gasteiger partial charge >= 0.3 is 0 Å². The van der Waals surface area contributed by atoms with E-state index in [1.807, 2.05) is 12.1 Å². The van der Waals surface area contributed by atoms with Crippen molar-refractivity contribution in [2.75, 3.05) is 5.75 Å². The van der Waals surface area contributed by atoms with E-state index < -0.39 is 0 Å². The maximum absolute atomic E-state index is 9.78. The number of hydrogen-bond donors (Lipinski definition) is 1. The third-order valence-electron chi connectivity index (χ3n) is 2.28. The van der Waals surface area contributed by atoms with Crippen LogP contribution in [-0.2, 0) is 0 Å². The van der Waals surface area contributed by atoms with Crippen LogP contribution in [0.3, 0.4) is 0 Å². The lowest BCUT2D eigenvalue weighted by Gasteiger charge is -2.11. The van der Waals surface area contributed by atoms with Crippen LogP contribution in [0, 0.1) is 0 Å². The van der Waals surface area contributed by atoms with E-state index in [4.69, 9.17) is 0 Å². The first kappa shape index (κ1) is 13.8. The average molecular weight is 301 g/mol. The van der Waals surface area contributed by atoms with Crippen LogP contribution in [0.4, 0.5) is 0 Å². The summed E-state index contributed by atoms with van der Waals surface area (Å²) < 4.78 is 1.08. The second kappa shape index (κ2) is 7.15. The molecule has 0 amide bonds. The Hall–Kier alpha value is -0.250. The molecular weight excluding hydrogens is 284 g/mol. The highest BCUT2D eigenvalue weighted by Crippen LogP contribution is 2.22. The molecule has 0 bridgehead atoms. The van der Waals surface area contributed by atoms with E-state index in [1.165, 1.54) is 4.90 Å². The molecular formula is C13H17BrOS. The normalized spacial score (nSPS) is 12.4. The SMILES string of the molecule is C=C(CC)CC(O)CSc1ccc(Br)cc1. The first-order valence-electron chi connectivity index (χ1n) is 5.35. The van der Waals surface area contributed by atoms with E-state index in [2.05, 4.69) is 41.6 Å². The molecule has 3 heteroatoms. The second-order valence-corrected chi connectivity index (χ2v) is 5.74. The molecule has 0 spiro atoms. The molecule has 1 nitrogen and oxygen atoms in total. The van der Waals surface area contributed by atoms with Gasteiger partial charge in [-0.05, 0) is 37.1 Å². The maximum Gasteiger partial charge on any atom is 0.0671 e. The lowest BCUT2D eigenvalue weighted by molar-refractivity contribution is 0.199. The minimum absolute atomic E-state index is 0.291. The van der Waals surface area contributed by atoms with Crippen LogP contribution in [-0.4, -0.2) is 17.0 Å². The maximum atomic E-state index is 9.78. The number of aliphatic hydroxyl groups is 1. The summed E-state index contributed by atoms with van der Waals surface area (Å²) in [5, 5.41) is 9.78. The average Bonchev–Trinajstić information content (AvgIpc) is 2.28. The van der Waals surface area contributed by atoms with E-state index in [-0.39, 0.29) is 6.10 Å². The van der Waals surface area contributed by atoms with Crippen molar-refractivity contribution < 1.29 is 5.11 Å². The Bertz CT molecular complexity index is 334. The van der Waals surface area contributed by atoms with Gasteiger partial charge in [0.1, 0.15) is 0 Å². The summed E-state index contributed by atoms with van der Waals surface area (Å²) in [6.07, 6.45) is 1.36. The van der Waals surface area contributed by atoms with Crippen molar-refractivity contribution in [3.8, 4) is 0 Å². The van der Waals surface area contributed by atoms with Crippen LogP contribution >= 0.6 is 27.7 Å². The Balaban J connectivity index is 2.34. The first-order chi connectivity index (χ1) is 7.61. The molecule has 1 rings (SSSR count). The number of halogens is 1. The fraction of sp³-hybridized carbons (Fsp3) is 0.385. The van der Waals surface area contributed by atoms with Crippen LogP contribution in [0.15, 0.2) is 45.8 Å². The number of thioether (sulfide) groups is 1. The Labute approximate surface area is 110 Å². The van der Waals surface area contributed by atoms with Gasteiger partial charge in [0.2, 0.25) is 0 Å². The van der Waals surface area contributed by atoms with E-state index >= 15 is 0 Å². The first-order valence-corrected chi connectivity index (χ1v) is 7.12. The van der Waals surface area contributed by atoms with Crippen molar-refractivity contribution in [2.45, 2.75) is 30.8 Å². The highest BCUT2D eigenvalue weighted by molar-refractivity contribution is 9.10. The zero-order chi connectivity index (χ0) is 12.0. The predicted octanol–water partition coefficient (Wildman–Crippen LogP) is 4.26. The smallest absolute Gasteiger partial charge is 0.0671 e. The van der Waals surface area contributed by atoms with Crippen molar-refractivity contribution in [1.82, 2.24) is 0 Å². The minimum Gasteiger partial charge on any atom is -0.392 e. The summed E-state index contributed by atoms with van der Waals surface area (Å²) in [5.74, 6) is 0.723. The van der Waals surface area contributed by atoms with Gasteiger partial charge in [-0.2, -0.15) is 0 Å². The molecule has 0 radical (unpaired) electrons. The highest BCUT2D eigenvalue weighted by Gasteiger charge is 2.06. The van der Waals surface area contributed by atoms with Gasteiger partial charge in [-0.1, -0.05) is 35.0 Å². The predicted molar refractivity (Wildman–Crippen MR) is 74.9 cm³/mol. The lowest BCUT2D eigenvalue weighted by atomic mass is 10.1. The van der Waals surface area contributed by atoms with Gasteiger partial charge in [-0.3, -0.25) is 0 Å². The van der Waals surface area contributed by atoms with Crippen molar-refractivity contribution in [2.24, 2.45) is 0 Å². The number of aliphatic hydroxyl groups excluding tert-OH is 1. The Morgan fingerprint density at radius 3 is 2.62 bits per heavy atom. The van der Waals surface area contributed by atoms with E-state index in [9.17, 15) is 5.11 Å². The summed E-state index contributed by atoms with van der Waals surface area (Å²) in [6.45, 7) is 5.97. The molecule has 1 aromatic carbocycles. The van der Waals surface area contributed by atoms with Gasteiger partial charge in [0.15, 0.2) is 0 Å². The third kappa shape index (κ3) is 5.19. The zero-order valence-electron chi connectivity index (χ0n) is 9.45. The summed E-state index contributed by atoms with van der Waals surface area (Å²) in [4.78, 5) is 1.18. The minimum atomic E-state index is -0.291. The van der Waals surface area contributed by atoms with Gasteiger partial charge in [0, 0.05) is 15.1 Å². The van der Waals surface area contributed by atoms with Gasteiger partial charge < -0.3 is 5.11 Å². The molecule has 0 saturated carbocycles. The van der Waals surface area contributed by atoms with Crippen LogP contribution in [0.2, 0.25) is 0 Å². The lowest BCUT2D eigenvalue weighted by Crippen LogP contribution is -2.10. The summed E-state index contributed by atoms with van der Waals surface area (Å²) >= 11 is 5.08. The molecule has 16 heavy (non-hydrogen) atoms. The standard InChI is InChI=1S/C13H17BrOS/c1-3-10(2)8-12(15)9-16-13-6-4-11(14)5-7-13/h4-7,12,15H,2-3,8-9H2,1H3. The fourth-order valence-electron chi connectivity index (χ4n) is 1.26. The molecule has 1 unspecified atom stereocenters. The Morgan fingerprint density at radius 2 is 2.06 bits per heavy atom. The molecule has 0 aromatic heterocycles. The zero-order valence-corrected chi connectivity index (χ0v) is 11.9. The summed E-state index contributed by atoms with van der Waals surface area (Å²) in [7, 11) is 0. The second-order valence-electron chi connectivity index (χ2n) is 3.73. The monoisotopic (exact) mass is 300 g/mol. The van der Waals surface area contributed by atoms with Crippen LogP contribution in [0.1, 0.15) is 19.8 Å². The topological polar surface area (TPSA) is 20.2 Å². The molecule has 0 aliphatic carbocycles. The largest absolute Gasteiger partial charge is 0.392 e. The molecule has 0 aliphatic heterocycles. The number of hydrogen-bond acceptors (Lipinski definition) is 2. The van der Waals surface area contributed by atoms with Gasteiger partial charge in [0.25, 0.3) is 0 Å². The molecule has 0 saturated heterocycles. The Morgan fingerprint density at radius 1 is 1.44 bits per heavy atom. The van der Waals surface area contributed by atoms with Gasteiger partial charge in [-0.25, -0.2) is 0 Å². The molecule has 0 aliphatic rings. The fourth-order valence-corrected chi connectivity index (χ4v) is 2.36. The molecule has 88 valence electrons. The number of benzene rings is 1. The van der Waals surface area contributed by atoms with Crippen molar-refractivity contribution in [3.63, 3.8) is 0 Å². The summed E-state index contributed by atoms with van der Waals surface area (Å²) in [5.41, 5.74) is 1.11. The van der Waals surface area contributed by atoms with Crippen molar-refractivity contribution in [3.05, 3.63) is 40.9 Å². The number of rotatable bonds is 6. The molecule has 0 heterocycles. The van der Waals surface area contributed by atoms with Crippen LogP contribution in [0.25, 0.3) is 0 Å². The third-order valence-corrected chi connectivity index (χ3v) is 3.97. The van der Waals surface area contributed by atoms with E-state index in [1.54, 1.807) is 11.8 Å². The van der Waals surface area contributed by atoms with Gasteiger partial charge in [-0.15, -0.1) is 11.8 Å². The summed E-state index contributed by atoms with van der Waals surface area (Å²) in [6, 6.07) is 8.13. The van der Waals surface area contributed by atoms with E-state index in [0.29, 0.717) is 6.42 Å².